The molecule has 0 atom stereocenters. The summed E-state index contributed by atoms with van der Waals surface area (Å²) in [6.45, 7) is 8.36. The molecule has 8 heteroatoms. The molecule has 1 aromatic heterocycles. The van der Waals surface area contributed by atoms with Crippen LogP contribution in [-0.4, -0.2) is 57.9 Å². The molecular formula is C18H32N4O4. The zero-order chi connectivity index (χ0) is 18.9. The zero-order valence-corrected chi connectivity index (χ0v) is 15.9. The lowest BCUT2D eigenvalue weighted by Gasteiger charge is -2.11. The van der Waals surface area contributed by atoms with E-state index in [1.165, 1.54) is 0 Å². The number of aliphatic imine (C=N–C) groups is 1. The van der Waals surface area contributed by atoms with Crippen LogP contribution in [0.25, 0.3) is 0 Å². The van der Waals surface area contributed by atoms with Crippen molar-refractivity contribution in [3.05, 3.63) is 24.2 Å². The van der Waals surface area contributed by atoms with Crippen LogP contribution in [0.3, 0.4) is 0 Å². The number of unbranched alkanes of at least 4 members (excludes halogenated alkanes) is 1. The van der Waals surface area contributed by atoms with E-state index < -0.39 is 0 Å². The number of furan rings is 1. The predicted octanol–water partition coefficient (Wildman–Crippen LogP) is 1.28. The van der Waals surface area contributed by atoms with Crippen molar-refractivity contribution in [3.63, 3.8) is 0 Å². The lowest BCUT2D eigenvalue weighted by atomic mass is 10.4. The second-order valence-corrected chi connectivity index (χ2v) is 5.56. The molecule has 0 aliphatic rings. The SMILES string of the molecule is CCCCOCCOCCNC(=NCC(=O)NCc1ccco1)NCC. The Balaban J connectivity index is 2.12. The van der Waals surface area contributed by atoms with Gasteiger partial charge in [0.15, 0.2) is 5.96 Å². The first-order valence-electron chi connectivity index (χ1n) is 9.23. The zero-order valence-electron chi connectivity index (χ0n) is 15.9. The Bertz CT molecular complexity index is 491. The first kappa shape index (κ1) is 22.0. The van der Waals surface area contributed by atoms with E-state index in [0.29, 0.717) is 51.2 Å². The summed E-state index contributed by atoms with van der Waals surface area (Å²) in [6, 6.07) is 3.59. The molecule has 0 unspecified atom stereocenters. The van der Waals surface area contributed by atoms with Gasteiger partial charge >= 0.3 is 0 Å². The average Bonchev–Trinajstić information content (AvgIpc) is 3.16. The lowest BCUT2D eigenvalue weighted by molar-refractivity contribution is -0.119. The lowest BCUT2D eigenvalue weighted by Crippen LogP contribution is -2.40. The van der Waals surface area contributed by atoms with Crippen molar-refractivity contribution in [1.82, 2.24) is 16.0 Å². The van der Waals surface area contributed by atoms with Gasteiger partial charge in [-0.05, 0) is 25.5 Å². The van der Waals surface area contributed by atoms with Gasteiger partial charge in [-0.15, -0.1) is 0 Å². The van der Waals surface area contributed by atoms with E-state index in [4.69, 9.17) is 13.9 Å². The number of hydrogen-bond donors (Lipinski definition) is 3. The van der Waals surface area contributed by atoms with Crippen molar-refractivity contribution in [1.29, 1.82) is 0 Å². The molecule has 0 bridgehead atoms. The van der Waals surface area contributed by atoms with Crippen molar-refractivity contribution < 1.29 is 18.7 Å². The van der Waals surface area contributed by atoms with Gasteiger partial charge in [-0.1, -0.05) is 13.3 Å². The Kier molecular flexibility index (Phi) is 12.9. The van der Waals surface area contributed by atoms with E-state index in [9.17, 15) is 4.79 Å². The molecule has 0 saturated carbocycles. The number of carbonyl (C=O) groups is 1. The van der Waals surface area contributed by atoms with E-state index in [1.807, 2.05) is 13.0 Å². The third-order valence-corrected chi connectivity index (χ3v) is 3.32. The smallest absolute Gasteiger partial charge is 0.242 e. The normalized spacial score (nSPS) is 11.4. The Morgan fingerprint density at radius 1 is 1.12 bits per heavy atom. The van der Waals surface area contributed by atoms with Gasteiger partial charge in [0, 0.05) is 19.7 Å². The van der Waals surface area contributed by atoms with Crippen molar-refractivity contribution in [3.8, 4) is 0 Å². The summed E-state index contributed by atoms with van der Waals surface area (Å²) in [6.07, 6.45) is 3.80. The van der Waals surface area contributed by atoms with Crippen LogP contribution in [0.2, 0.25) is 0 Å². The molecule has 148 valence electrons. The fourth-order valence-corrected chi connectivity index (χ4v) is 1.96. The molecule has 0 fully saturated rings. The summed E-state index contributed by atoms with van der Waals surface area (Å²) in [4.78, 5) is 16.1. The molecule has 3 N–H and O–H groups in total. The van der Waals surface area contributed by atoms with Gasteiger partial charge in [0.05, 0.1) is 32.6 Å². The summed E-state index contributed by atoms with van der Waals surface area (Å²) >= 11 is 0. The molecule has 1 heterocycles. The first-order chi connectivity index (χ1) is 12.8. The molecule has 0 aromatic carbocycles. The van der Waals surface area contributed by atoms with Gasteiger partial charge in [0.2, 0.25) is 5.91 Å². The Labute approximate surface area is 155 Å². The molecule has 0 aliphatic heterocycles. The summed E-state index contributed by atoms with van der Waals surface area (Å²) in [5.74, 6) is 1.13. The average molecular weight is 368 g/mol. The second kappa shape index (κ2) is 15.2. The highest BCUT2D eigenvalue weighted by Gasteiger charge is 2.03. The molecule has 0 aliphatic carbocycles. The Hall–Kier alpha value is -2.06. The predicted molar refractivity (Wildman–Crippen MR) is 101 cm³/mol. The summed E-state index contributed by atoms with van der Waals surface area (Å²) < 4.78 is 16.1. The maximum atomic E-state index is 11.8. The number of hydrogen-bond acceptors (Lipinski definition) is 5. The fourth-order valence-electron chi connectivity index (χ4n) is 1.96. The van der Waals surface area contributed by atoms with Gasteiger partial charge in [-0.25, -0.2) is 4.99 Å². The van der Waals surface area contributed by atoms with Crippen LogP contribution in [0.5, 0.6) is 0 Å². The minimum Gasteiger partial charge on any atom is -0.467 e. The maximum Gasteiger partial charge on any atom is 0.242 e. The number of amides is 1. The largest absolute Gasteiger partial charge is 0.467 e. The molecule has 8 nitrogen and oxygen atoms in total. The van der Waals surface area contributed by atoms with Crippen LogP contribution >= 0.6 is 0 Å². The highest BCUT2D eigenvalue weighted by molar-refractivity contribution is 5.84. The van der Waals surface area contributed by atoms with Gasteiger partial charge < -0.3 is 29.8 Å². The third kappa shape index (κ3) is 11.5. The van der Waals surface area contributed by atoms with Crippen LogP contribution in [0.15, 0.2) is 27.8 Å². The van der Waals surface area contributed by atoms with E-state index in [-0.39, 0.29) is 12.5 Å². The van der Waals surface area contributed by atoms with Crippen molar-refractivity contribution in [2.24, 2.45) is 4.99 Å². The van der Waals surface area contributed by atoms with Crippen LogP contribution < -0.4 is 16.0 Å². The van der Waals surface area contributed by atoms with Crippen molar-refractivity contribution >= 4 is 11.9 Å². The summed E-state index contributed by atoms with van der Waals surface area (Å²) in [5.41, 5.74) is 0. The quantitative estimate of drug-likeness (QED) is 0.260. The van der Waals surface area contributed by atoms with Gasteiger partial charge in [0.25, 0.3) is 0 Å². The van der Waals surface area contributed by atoms with Crippen LogP contribution in [0.4, 0.5) is 0 Å². The van der Waals surface area contributed by atoms with Crippen LogP contribution in [0, 0.1) is 0 Å². The topological polar surface area (TPSA) is 97.1 Å². The number of carbonyl (C=O) groups excluding carboxylic acids is 1. The van der Waals surface area contributed by atoms with Crippen molar-refractivity contribution in [2.45, 2.75) is 33.2 Å². The van der Waals surface area contributed by atoms with E-state index in [0.717, 1.165) is 19.4 Å². The minimum atomic E-state index is -0.168. The van der Waals surface area contributed by atoms with E-state index in [2.05, 4.69) is 27.9 Å². The Morgan fingerprint density at radius 3 is 2.62 bits per heavy atom. The van der Waals surface area contributed by atoms with E-state index >= 15 is 0 Å². The number of rotatable bonds is 14. The number of nitrogens with one attached hydrogen (secondary N) is 3. The summed E-state index contributed by atoms with van der Waals surface area (Å²) in [7, 11) is 0. The third-order valence-electron chi connectivity index (χ3n) is 3.32. The van der Waals surface area contributed by atoms with Gasteiger partial charge in [-0.2, -0.15) is 0 Å². The fraction of sp³-hybridized carbons (Fsp3) is 0.667. The number of ether oxygens (including phenoxy) is 2. The number of nitrogens with zero attached hydrogens (tertiary/aromatic N) is 1. The summed E-state index contributed by atoms with van der Waals surface area (Å²) in [5, 5.41) is 8.98. The molecule has 26 heavy (non-hydrogen) atoms. The number of guanidine groups is 1. The second-order valence-electron chi connectivity index (χ2n) is 5.56. The molecule has 0 radical (unpaired) electrons. The first-order valence-corrected chi connectivity index (χ1v) is 9.23. The standard InChI is InChI=1S/C18H32N4O4/c1-3-5-9-24-12-13-25-11-8-20-18(19-4-2)22-15-17(23)21-14-16-7-6-10-26-16/h6-7,10H,3-5,8-9,11-15H2,1-2H3,(H,21,23)(H2,19,20,22). The molecule has 0 saturated heterocycles. The van der Waals surface area contributed by atoms with E-state index in [1.54, 1.807) is 12.3 Å². The van der Waals surface area contributed by atoms with Crippen LogP contribution in [-0.2, 0) is 20.8 Å². The molecule has 1 rings (SSSR count). The van der Waals surface area contributed by atoms with Crippen LogP contribution in [0.1, 0.15) is 32.4 Å². The minimum absolute atomic E-state index is 0.0438. The maximum absolute atomic E-state index is 11.8. The molecule has 1 aromatic rings. The van der Waals surface area contributed by atoms with Gasteiger partial charge in [-0.3, -0.25) is 4.79 Å². The molecule has 0 spiro atoms. The monoisotopic (exact) mass is 368 g/mol. The molecule has 1 amide bonds. The molecular weight excluding hydrogens is 336 g/mol. The highest BCUT2D eigenvalue weighted by atomic mass is 16.5. The Morgan fingerprint density at radius 2 is 1.92 bits per heavy atom. The van der Waals surface area contributed by atoms with Crippen molar-refractivity contribution in [2.75, 3.05) is 46.1 Å². The highest BCUT2D eigenvalue weighted by Crippen LogP contribution is 1.98. The van der Waals surface area contributed by atoms with Gasteiger partial charge in [0.1, 0.15) is 12.3 Å².